The molecule has 1 heterocycles. The van der Waals surface area contributed by atoms with Gasteiger partial charge in [-0.25, -0.2) is 10.2 Å². The van der Waals surface area contributed by atoms with Crippen LogP contribution in [-0.4, -0.2) is 36.5 Å². The number of halogens is 6. The van der Waals surface area contributed by atoms with Crippen LogP contribution in [0.15, 0.2) is 47.4 Å². The third-order valence-electron chi connectivity index (χ3n) is 4.19. The van der Waals surface area contributed by atoms with Gasteiger partial charge in [-0.1, -0.05) is 0 Å². The Morgan fingerprint density at radius 2 is 1.68 bits per heavy atom. The SMILES string of the molecule is O=C(CN1C(=O)CSc2ccc(C(F)(F)F)cc21)NNC(=O)Nc1ccc(OC(F)(F)F)cc1. The monoisotopic (exact) mass is 508 g/mol. The second-order valence-corrected chi connectivity index (χ2v) is 7.67. The van der Waals surface area contributed by atoms with Gasteiger partial charge in [0.1, 0.15) is 12.3 Å². The van der Waals surface area contributed by atoms with Crippen LogP contribution < -0.4 is 25.8 Å². The summed E-state index contributed by atoms with van der Waals surface area (Å²) in [6, 6.07) is 5.99. The molecule has 0 spiro atoms. The minimum absolute atomic E-state index is 0.0677. The van der Waals surface area contributed by atoms with Crippen molar-refractivity contribution in [2.45, 2.75) is 17.4 Å². The van der Waals surface area contributed by atoms with E-state index in [1.807, 2.05) is 10.9 Å². The van der Waals surface area contributed by atoms with Gasteiger partial charge in [-0.2, -0.15) is 13.2 Å². The maximum atomic E-state index is 13.0. The van der Waals surface area contributed by atoms with Crippen LogP contribution >= 0.6 is 11.8 Å². The highest BCUT2D eigenvalue weighted by molar-refractivity contribution is 8.00. The van der Waals surface area contributed by atoms with Gasteiger partial charge in [-0.15, -0.1) is 24.9 Å². The Morgan fingerprint density at radius 3 is 2.29 bits per heavy atom. The van der Waals surface area contributed by atoms with E-state index in [4.69, 9.17) is 0 Å². The van der Waals surface area contributed by atoms with Crippen LogP contribution in [0.3, 0.4) is 0 Å². The van der Waals surface area contributed by atoms with Gasteiger partial charge in [0, 0.05) is 10.6 Å². The van der Waals surface area contributed by atoms with Crippen molar-refractivity contribution in [1.29, 1.82) is 0 Å². The van der Waals surface area contributed by atoms with Crippen molar-refractivity contribution in [3.8, 4) is 5.75 Å². The highest BCUT2D eigenvalue weighted by Crippen LogP contribution is 2.39. The third-order valence-corrected chi connectivity index (χ3v) is 5.24. The molecule has 1 aliphatic rings. The molecule has 0 saturated heterocycles. The van der Waals surface area contributed by atoms with Gasteiger partial charge in [-0.3, -0.25) is 15.0 Å². The predicted octanol–water partition coefficient (Wildman–Crippen LogP) is 3.90. The number of nitrogens with zero attached hydrogens (tertiary/aromatic N) is 1. The fraction of sp³-hybridized carbons (Fsp3) is 0.211. The number of ether oxygens (including phenoxy) is 1. The van der Waals surface area contributed by atoms with Crippen LogP contribution in [0, 0.1) is 0 Å². The van der Waals surface area contributed by atoms with Crippen molar-refractivity contribution in [2.75, 3.05) is 22.5 Å². The smallest absolute Gasteiger partial charge is 0.406 e. The zero-order chi connectivity index (χ0) is 25.1. The van der Waals surface area contributed by atoms with Crippen LogP contribution in [-0.2, 0) is 15.8 Å². The summed E-state index contributed by atoms with van der Waals surface area (Å²) in [6.45, 7) is -0.669. The van der Waals surface area contributed by atoms with Crippen molar-refractivity contribution in [3.63, 3.8) is 0 Å². The van der Waals surface area contributed by atoms with Gasteiger partial charge < -0.3 is 15.0 Å². The number of amides is 4. The van der Waals surface area contributed by atoms with Crippen molar-refractivity contribution in [3.05, 3.63) is 48.0 Å². The van der Waals surface area contributed by atoms with Crippen LogP contribution in [0.25, 0.3) is 0 Å². The maximum Gasteiger partial charge on any atom is 0.573 e. The minimum Gasteiger partial charge on any atom is -0.406 e. The Balaban J connectivity index is 1.57. The predicted molar refractivity (Wildman–Crippen MR) is 108 cm³/mol. The summed E-state index contributed by atoms with van der Waals surface area (Å²) >= 11 is 1.03. The lowest BCUT2D eigenvalue weighted by Gasteiger charge is -2.29. The Bertz CT molecular complexity index is 1090. The van der Waals surface area contributed by atoms with E-state index < -0.39 is 48.2 Å². The maximum absolute atomic E-state index is 13.0. The molecule has 34 heavy (non-hydrogen) atoms. The molecule has 3 N–H and O–H groups in total. The molecule has 3 rings (SSSR count). The first-order chi connectivity index (χ1) is 15.8. The van der Waals surface area contributed by atoms with Crippen molar-refractivity contribution >= 4 is 41.0 Å². The molecule has 0 unspecified atom stereocenters. The molecule has 0 fully saturated rings. The highest BCUT2D eigenvalue weighted by atomic mass is 32.2. The summed E-state index contributed by atoms with van der Waals surface area (Å²) in [5.74, 6) is -2.11. The zero-order valence-corrected chi connectivity index (χ0v) is 17.5. The number of carbonyl (C=O) groups excluding carboxylic acids is 3. The van der Waals surface area contributed by atoms with Crippen LogP contribution in [0.4, 0.5) is 42.5 Å². The van der Waals surface area contributed by atoms with Crippen molar-refractivity contribution in [2.24, 2.45) is 0 Å². The van der Waals surface area contributed by atoms with Crippen molar-refractivity contribution < 1.29 is 45.5 Å². The molecule has 0 radical (unpaired) electrons. The van der Waals surface area contributed by atoms with E-state index in [-0.39, 0.29) is 17.1 Å². The summed E-state index contributed by atoms with van der Waals surface area (Å²) in [7, 11) is 0. The van der Waals surface area contributed by atoms with E-state index in [9.17, 15) is 40.7 Å². The molecule has 1 aliphatic heterocycles. The molecule has 182 valence electrons. The van der Waals surface area contributed by atoms with Gasteiger partial charge in [-0.05, 0) is 42.5 Å². The number of nitrogens with one attached hydrogen (secondary N) is 3. The number of carbonyl (C=O) groups is 3. The normalized spacial score (nSPS) is 13.7. The number of rotatable bonds is 4. The molecule has 2 aromatic carbocycles. The summed E-state index contributed by atoms with van der Waals surface area (Å²) in [6.07, 6.45) is -9.52. The third kappa shape index (κ3) is 6.69. The average Bonchev–Trinajstić information content (AvgIpc) is 2.73. The molecule has 15 heteroatoms. The number of hydrogen-bond donors (Lipinski definition) is 3. The Kier molecular flexibility index (Phi) is 7.14. The number of benzene rings is 2. The summed E-state index contributed by atoms with van der Waals surface area (Å²) in [5, 5.41) is 2.23. The largest absolute Gasteiger partial charge is 0.573 e. The number of hydrazine groups is 1. The van der Waals surface area contributed by atoms with Gasteiger partial charge in [0.2, 0.25) is 5.91 Å². The molecule has 0 aromatic heterocycles. The van der Waals surface area contributed by atoms with Gasteiger partial charge >= 0.3 is 18.6 Å². The van der Waals surface area contributed by atoms with Crippen molar-refractivity contribution in [1.82, 2.24) is 10.9 Å². The number of fused-ring (bicyclic) bond motifs is 1. The second-order valence-electron chi connectivity index (χ2n) is 6.65. The number of urea groups is 1. The number of alkyl halides is 6. The first-order valence-corrected chi connectivity index (χ1v) is 10.2. The standard InChI is InChI=1S/C19H14F6N4O4S/c20-18(21,22)10-1-6-14-13(7-10)29(16(31)9-34-14)8-15(30)27-28-17(32)26-11-2-4-12(5-3-11)33-19(23,24)25/h1-7H,8-9H2,(H,27,30)(H2,26,28,32). The van der Waals surface area contributed by atoms with E-state index in [1.165, 1.54) is 6.07 Å². The summed E-state index contributed by atoms with van der Waals surface area (Å²) in [4.78, 5) is 37.5. The van der Waals surface area contributed by atoms with Crippen LogP contribution in [0.2, 0.25) is 0 Å². The lowest BCUT2D eigenvalue weighted by molar-refractivity contribution is -0.274. The van der Waals surface area contributed by atoms with E-state index in [0.717, 1.165) is 53.1 Å². The Hall–Kier alpha value is -3.62. The first kappa shape index (κ1) is 25.0. The van der Waals surface area contributed by atoms with E-state index >= 15 is 0 Å². The molecule has 0 saturated carbocycles. The van der Waals surface area contributed by atoms with Crippen LogP contribution in [0.1, 0.15) is 5.56 Å². The summed E-state index contributed by atoms with van der Waals surface area (Å²) in [5.41, 5.74) is 2.95. The van der Waals surface area contributed by atoms with E-state index in [0.29, 0.717) is 4.90 Å². The molecular formula is C19H14F6N4O4S. The second kappa shape index (κ2) is 9.70. The molecule has 0 atom stereocenters. The molecule has 0 bridgehead atoms. The lowest BCUT2D eigenvalue weighted by Crippen LogP contribution is -2.50. The molecule has 4 amide bonds. The zero-order valence-electron chi connectivity index (χ0n) is 16.7. The fourth-order valence-corrected chi connectivity index (χ4v) is 3.68. The van der Waals surface area contributed by atoms with Gasteiger partial charge in [0.15, 0.2) is 0 Å². The first-order valence-electron chi connectivity index (χ1n) is 9.18. The average molecular weight is 508 g/mol. The lowest BCUT2D eigenvalue weighted by atomic mass is 10.1. The van der Waals surface area contributed by atoms with Gasteiger partial charge in [0.25, 0.3) is 5.91 Å². The highest BCUT2D eigenvalue weighted by Gasteiger charge is 2.34. The molecule has 2 aromatic rings. The minimum atomic E-state index is -4.88. The fourth-order valence-electron chi connectivity index (χ4n) is 2.76. The van der Waals surface area contributed by atoms with E-state index in [1.54, 1.807) is 0 Å². The topological polar surface area (TPSA) is 99.8 Å². The summed E-state index contributed by atoms with van der Waals surface area (Å²) < 4.78 is 79.2. The molecule has 0 aliphatic carbocycles. The molecular weight excluding hydrogens is 494 g/mol. The Labute approximate surface area is 191 Å². The van der Waals surface area contributed by atoms with Crippen LogP contribution in [0.5, 0.6) is 5.75 Å². The van der Waals surface area contributed by atoms with E-state index in [2.05, 4.69) is 10.1 Å². The Morgan fingerprint density at radius 1 is 1.00 bits per heavy atom. The van der Waals surface area contributed by atoms with Gasteiger partial charge in [0.05, 0.1) is 17.0 Å². The molecule has 8 nitrogen and oxygen atoms in total. The quantitative estimate of drug-likeness (QED) is 0.430. The number of thioether (sulfide) groups is 1. The number of hydrogen-bond acceptors (Lipinski definition) is 5. The number of anilines is 2.